The highest BCUT2D eigenvalue weighted by atomic mass is 32.1. The molecule has 2 rings (SSSR count). The summed E-state index contributed by atoms with van der Waals surface area (Å²) in [5.41, 5.74) is 0.983. The van der Waals surface area contributed by atoms with E-state index < -0.39 is 0 Å². The topological polar surface area (TPSA) is 17.1 Å². The van der Waals surface area contributed by atoms with Crippen LogP contribution in [0.25, 0.3) is 0 Å². The zero-order valence-electron chi connectivity index (χ0n) is 11.6. The van der Waals surface area contributed by atoms with Crippen molar-refractivity contribution in [2.45, 2.75) is 58.8 Å². The SMILES string of the molecule is CCCCC1CCC(C(=O)c2ccsc2C)CC1. The monoisotopic (exact) mass is 264 g/mol. The largest absolute Gasteiger partial charge is 0.294 e. The predicted octanol–water partition coefficient (Wildman–Crippen LogP) is 5.24. The number of Topliss-reactive ketones (excluding diaryl/α,β-unsaturated/α-hetero) is 1. The molecule has 1 fully saturated rings. The Kier molecular flexibility index (Phi) is 4.99. The molecule has 0 aromatic carbocycles. The minimum Gasteiger partial charge on any atom is -0.294 e. The fourth-order valence-electron chi connectivity index (χ4n) is 3.07. The van der Waals surface area contributed by atoms with Gasteiger partial charge in [-0.1, -0.05) is 26.2 Å². The molecule has 0 atom stereocenters. The van der Waals surface area contributed by atoms with Gasteiger partial charge >= 0.3 is 0 Å². The maximum absolute atomic E-state index is 12.4. The number of aryl methyl sites for hydroxylation is 1. The third-order valence-corrected chi connectivity index (χ3v) is 5.15. The van der Waals surface area contributed by atoms with Crippen LogP contribution in [0.15, 0.2) is 11.4 Å². The van der Waals surface area contributed by atoms with E-state index in [1.807, 2.05) is 11.4 Å². The first-order valence-electron chi connectivity index (χ1n) is 7.30. The van der Waals surface area contributed by atoms with Crippen molar-refractivity contribution in [1.82, 2.24) is 0 Å². The molecular formula is C16H24OS. The van der Waals surface area contributed by atoms with Crippen LogP contribution in [0.1, 0.15) is 67.1 Å². The lowest BCUT2D eigenvalue weighted by atomic mass is 9.77. The molecule has 0 N–H and O–H groups in total. The van der Waals surface area contributed by atoms with Crippen molar-refractivity contribution >= 4 is 17.1 Å². The van der Waals surface area contributed by atoms with E-state index in [9.17, 15) is 4.79 Å². The van der Waals surface area contributed by atoms with Gasteiger partial charge in [0.25, 0.3) is 0 Å². The van der Waals surface area contributed by atoms with Gasteiger partial charge in [-0.15, -0.1) is 11.3 Å². The molecule has 0 unspecified atom stereocenters. The van der Waals surface area contributed by atoms with Gasteiger partial charge in [0.05, 0.1) is 0 Å². The molecule has 0 amide bonds. The Morgan fingerprint density at radius 3 is 2.61 bits per heavy atom. The molecule has 1 aliphatic carbocycles. The van der Waals surface area contributed by atoms with Gasteiger partial charge in [0.1, 0.15) is 0 Å². The summed E-state index contributed by atoms with van der Waals surface area (Å²) in [7, 11) is 0. The molecule has 1 aliphatic rings. The number of hydrogen-bond donors (Lipinski definition) is 0. The van der Waals surface area contributed by atoms with Gasteiger partial charge in [0.2, 0.25) is 0 Å². The molecule has 2 heteroatoms. The van der Waals surface area contributed by atoms with Gasteiger partial charge in [-0.3, -0.25) is 4.79 Å². The fourth-order valence-corrected chi connectivity index (χ4v) is 3.77. The average Bonchev–Trinajstić information content (AvgIpc) is 2.82. The lowest BCUT2D eigenvalue weighted by Gasteiger charge is -2.27. The van der Waals surface area contributed by atoms with Gasteiger partial charge in [-0.25, -0.2) is 0 Å². The Labute approximate surface area is 115 Å². The van der Waals surface area contributed by atoms with E-state index in [0.717, 1.165) is 24.3 Å². The summed E-state index contributed by atoms with van der Waals surface area (Å²) in [6, 6.07) is 2.01. The van der Waals surface area contributed by atoms with Crippen LogP contribution in [0.3, 0.4) is 0 Å². The highest BCUT2D eigenvalue weighted by Gasteiger charge is 2.27. The van der Waals surface area contributed by atoms with Crippen LogP contribution in [0.5, 0.6) is 0 Å². The fraction of sp³-hybridized carbons (Fsp3) is 0.688. The first kappa shape index (κ1) is 13.8. The number of hydrogen-bond acceptors (Lipinski definition) is 2. The number of carbonyl (C=O) groups is 1. The summed E-state index contributed by atoms with van der Waals surface area (Å²) in [5.74, 6) is 1.59. The third kappa shape index (κ3) is 3.23. The molecule has 1 heterocycles. The Morgan fingerprint density at radius 1 is 1.33 bits per heavy atom. The second-order valence-corrected chi connectivity index (χ2v) is 6.73. The highest BCUT2D eigenvalue weighted by Crippen LogP contribution is 2.34. The molecule has 1 saturated carbocycles. The van der Waals surface area contributed by atoms with Crippen LogP contribution in [0.2, 0.25) is 0 Å². The normalized spacial score (nSPS) is 24.1. The van der Waals surface area contributed by atoms with Crippen molar-refractivity contribution in [1.29, 1.82) is 0 Å². The maximum atomic E-state index is 12.4. The van der Waals surface area contributed by atoms with Gasteiger partial charge in [-0.2, -0.15) is 0 Å². The van der Waals surface area contributed by atoms with E-state index in [1.54, 1.807) is 11.3 Å². The first-order valence-corrected chi connectivity index (χ1v) is 8.18. The van der Waals surface area contributed by atoms with Crippen molar-refractivity contribution in [3.8, 4) is 0 Å². The summed E-state index contributed by atoms with van der Waals surface area (Å²) in [6.45, 7) is 4.32. The molecule has 1 nitrogen and oxygen atoms in total. The van der Waals surface area contributed by atoms with Gasteiger partial charge in [0.15, 0.2) is 5.78 Å². The molecule has 0 spiro atoms. The number of ketones is 1. The average molecular weight is 264 g/mol. The Bertz CT molecular complexity index is 386. The number of thiophene rings is 1. The zero-order valence-corrected chi connectivity index (χ0v) is 12.4. The van der Waals surface area contributed by atoms with E-state index >= 15 is 0 Å². The second kappa shape index (κ2) is 6.51. The van der Waals surface area contributed by atoms with Crippen molar-refractivity contribution in [3.63, 3.8) is 0 Å². The van der Waals surface area contributed by atoms with Crippen LogP contribution in [-0.2, 0) is 0 Å². The van der Waals surface area contributed by atoms with Crippen LogP contribution >= 0.6 is 11.3 Å². The molecule has 1 aromatic heterocycles. The molecule has 18 heavy (non-hydrogen) atoms. The lowest BCUT2D eigenvalue weighted by Crippen LogP contribution is -2.22. The van der Waals surface area contributed by atoms with E-state index in [1.165, 1.54) is 37.0 Å². The molecule has 0 saturated heterocycles. The van der Waals surface area contributed by atoms with Crippen molar-refractivity contribution in [2.75, 3.05) is 0 Å². The maximum Gasteiger partial charge on any atom is 0.167 e. The predicted molar refractivity (Wildman–Crippen MR) is 78.4 cm³/mol. The van der Waals surface area contributed by atoms with E-state index in [2.05, 4.69) is 13.8 Å². The minimum atomic E-state index is 0.302. The number of rotatable bonds is 5. The second-order valence-electron chi connectivity index (χ2n) is 5.61. The molecule has 0 aliphatic heterocycles. The van der Waals surface area contributed by atoms with Crippen molar-refractivity contribution < 1.29 is 4.79 Å². The van der Waals surface area contributed by atoms with E-state index in [-0.39, 0.29) is 0 Å². The molecule has 0 bridgehead atoms. The summed E-state index contributed by atoms with van der Waals surface area (Å²) in [4.78, 5) is 13.6. The molecule has 0 radical (unpaired) electrons. The van der Waals surface area contributed by atoms with Crippen LogP contribution in [-0.4, -0.2) is 5.78 Å². The smallest absolute Gasteiger partial charge is 0.167 e. The van der Waals surface area contributed by atoms with E-state index in [4.69, 9.17) is 0 Å². The molecule has 100 valence electrons. The van der Waals surface area contributed by atoms with Gasteiger partial charge in [0, 0.05) is 16.4 Å². The highest BCUT2D eigenvalue weighted by molar-refractivity contribution is 7.10. The first-order chi connectivity index (χ1) is 8.72. The van der Waals surface area contributed by atoms with Crippen LogP contribution < -0.4 is 0 Å². The van der Waals surface area contributed by atoms with Crippen LogP contribution in [0, 0.1) is 18.8 Å². The van der Waals surface area contributed by atoms with Gasteiger partial charge < -0.3 is 0 Å². The summed E-state index contributed by atoms with van der Waals surface area (Å²) < 4.78 is 0. The van der Waals surface area contributed by atoms with Crippen molar-refractivity contribution in [2.24, 2.45) is 11.8 Å². The third-order valence-electron chi connectivity index (χ3n) is 4.31. The Balaban J connectivity index is 1.86. The molecular weight excluding hydrogens is 240 g/mol. The zero-order chi connectivity index (χ0) is 13.0. The number of carbonyl (C=O) groups excluding carboxylic acids is 1. The lowest BCUT2D eigenvalue weighted by molar-refractivity contribution is 0.0869. The van der Waals surface area contributed by atoms with E-state index in [0.29, 0.717) is 11.7 Å². The van der Waals surface area contributed by atoms with Crippen LogP contribution in [0.4, 0.5) is 0 Å². The Morgan fingerprint density at radius 2 is 2.06 bits per heavy atom. The molecule has 1 aromatic rings. The standard InChI is InChI=1S/C16H24OS/c1-3-4-5-13-6-8-14(9-7-13)16(17)15-10-11-18-12(15)2/h10-11,13-14H,3-9H2,1-2H3. The number of unbranched alkanes of at least 4 members (excludes halogenated alkanes) is 1. The summed E-state index contributed by atoms with van der Waals surface area (Å²) in [5, 5.41) is 2.04. The quantitative estimate of drug-likeness (QED) is 0.665. The van der Waals surface area contributed by atoms with Crippen molar-refractivity contribution in [3.05, 3.63) is 21.9 Å². The Hall–Kier alpha value is -0.630. The summed E-state index contributed by atoms with van der Waals surface area (Å²) >= 11 is 1.69. The summed E-state index contributed by atoms with van der Waals surface area (Å²) in [6.07, 6.45) is 8.78. The van der Waals surface area contributed by atoms with Gasteiger partial charge in [-0.05, 0) is 50.0 Å². The minimum absolute atomic E-state index is 0.302.